The van der Waals surface area contributed by atoms with Gasteiger partial charge in [-0.05, 0) is 12.8 Å². The maximum atomic E-state index is 11.5. The van der Waals surface area contributed by atoms with Gasteiger partial charge in [0.2, 0.25) is 0 Å². The molecule has 2 N–H and O–H groups in total. The minimum absolute atomic E-state index is 0.0653. The van der Waals surface area contributed by atoms with Crippen LogP contribution in [0.1, 0.15) is 32.1 Å². The second-order valence-electron chi connectivity index (χ2n) is 5.38. The van der Waals surface area contributed by atoms with Gasteiger partial charge in [-0.1, -0.05) is 19.3 Å². The molecule has 0 unspecified atom stereocenters. The van der Waals surface area contributed by atoms with Gasteiger partial charge >= 0.3 is 0 Å². The molecular formula is C13H20N4O. The van der Waals surface area contributed by atoms with Crippen molar-refractivity contribution in [3.63, 3.8) is 0 Å². The van der Waals surface area contributed by atoms with Crippen molar-refractivity contribution >= 4 is 5.82 Å². The van der Waals surface area contributed by atoms with Gasteiger partial charge in [-0.25, -0.2) is 4.98 Å². The van der Waals surface area contributed by atoms with E-state index in [1.165, 1.54) is 38.4 Å². The van der Waals surface area contributed by atoms with E-state index in [0.717, 1.165) is 25.5 Å². The van der Waals surface area contributed by atoms with Crippen molar-refractivity contribution in [1.29, 1.82) is 0 Å². The number of H-pyrrole nitrogens is 1. The fraction of sp³-hybridized carbons (Fsp3) is 0.692. The summed E-state index contributed by atoms with van der Waals surface area (Å²) in [7, 11) is 0. The maximum Gasteiger partial charge on any atom is 0.252 e. The highest BCUT2D eigenvalue weighted by atomic mass is 16.1. The predicted molar refractivity (Wildman–Crippen MR) is 70.9 cm³/mol. The number of hydrogen-bond acceptors (Lipinski definition) is 4. The van der Waals surface area contributed by atoms with Crippen LogP contribution in [0.25, 0.3) is 0 Å². The summed E-state index contributed by atoms with van der Waals surface area (Å²) in [5.41, 5.74) is 0.113. The standard InChI is InChI=1S/C13H20N4O/c18-12-8-11(15-10-16-12)17-7-6-14-9-13(17)4-2-1-3-5-13/h8,10,14H,1-7,9H2,(H,15,16,18). The van der Waals surface area contributed by atoms with E-state index in [1.807, 2.05) is 0 Å². The second kappa shape index (κ2) is 4.72. The van der Waals surface area contributed by atoms with Gasteiger partial charge in [0.05, 0.1) is 11.9 Å². The first-order valence-electron chi connectivity index (χ1n) is 6.83. The first-order valence-corrected chi connectivity index (χ1v) is 6.83. The van der Waals surface area contributed by atoms with E-state index >= 15 is 0 Å². The van der Waals surface area contributed by atoms with Crippen LogP contribution in [0.4, 0.5) is 5.82 Å². The Hall–Kier alpha value is -1.36. The fourth-order valence-electron chi connectivity index (χ4n) is 3.36. The van der Waals surface area contributed by atoms with Crippen LogP contribution in [-0.4, -0.2) is 35.1 Å². The summed E-state index contributed by atoms with van der Waals surface area (Å²) in [5, 5.41) is 3.50. The molecule has 5 heteroatoms. The van der Waals surface area contributed by atoms with Gasteiger partial charge in [-0.2, -0.15) is 0 Å². The maximum absolute atomic E-state index is 11.5. The molecule has 1 saturated carbocycles. The Morgan fingerprint density at radius 3 is 2.89 bits per heavy atom. The minimum Gasteiger partial charge on any atom is -0.348 e. The van der Waals surface area contributed by atoms with Crippen LogP contribution < -0.4 is 15.8 Å². The number of hydrogen-bond donors (Lipinski definition) is 2. The highest BCUT2D eigenvalue weighted by Crippen LogP contribution is 2.36. The van der Waals surface area contributed by atoms with E-state index in [1.54, 1.807) is 6.07 Å². The van der Waals surface area contributed by atoms with Crippen molar-refractivity contribution in [2.75, 3.05) is 24.5 Å². The molecule has 3 rings (SSSR count). The molecule has 0 radical (unpaired) electrons. The Bertz CT molecular complexity index is 456. The number of nitrogens with zero attached hydrogens (tertiary/aromatic N) is 2. The van der Waals surface area contributed by atoms with E-state index in [-0.39, 0.29) is 11.1 Å². The first kappa shape index (κ1) is 11.7. The van der Waals surface area contributed by atoms with Crippen molar-refractivity contribution in [3.8, 4) is 0 Å². The number of aromatic nitrogens is 2. The lowest BCUT2D eigenvalue weighted by Crippen LogP contribution is -2.62. The zero-order valence-corrected chi connectivity index (χ0v) is 10.6. The number of rotatable bonds is 1. The lowest BCUT2D eigenvalue weighted by atomic mass is 9.79. The number of piperazine rings is 1. The van der Waals surface area contributed by atoms with E-state index < -0.39 is 0 Å². The zero-order chi connectivity index (χ0) is 12.4. The topological polar surface area (TPSA) is 61.0 Å². The molecule has 1 aliphatic heterocycles. The lowest BCUT2D eigenvalue weighted by molar-refractivity contribution is 0.239. The monoisotopic (exact) mass is 248 g/mol. The minimum atomic E-state index is -0.0653. The molecule has 1 saturated heterocycles. The van der Waals surface area contributed by atoms with Crippen molar-refractivity contribution in [3.05, 3.63) is 22.7 Å². The van der Waals surface area contributed by atoms with Gasteiger partial charge in [0, 0.05) is 25.7 Å². The van der Waals surface area contributed by atoms with E-state index in [2.05, 4.69) is 20.2 Å². The number of nitrogens with one attached hydrogen (secondary N) is 2. The Balaban J connectivity index is 1.94. The molecule has 1 aromatic heterocycles. The average Bonchev–Trinajstić information content (AvgIpc) is 2.40. The number of anilines is 1. The van der Waals surface area contributed by atoms with E-state index in [9.17, 15) is 4.79 Å². The van der Waals surface area contributed by atoms with Gasteiger partial charge in [0.1, 0.15) is 5.82 Å². The largest absolute Gasteiger partial charge is 0.348 e. The quantitative estimate of drug-likeness (QED) is 0.774. The molecule has 98 valence electrons. The summed E-state index contributed by atoms with van der Waals surface area (Å²) in [6.07, 6.45) is 7.81. The molecule has 2 aliphatic rings. The molecule has 0 aromatic carbocycles. The van der Waals surface area contributed by atoms with Crippen molar-refractivity contribution in [2.45, 2.75) is 37.6 Å². The third-order valence-corrected chi connectivity index (χ3v) is 4.26. The molecule has 0 atom stereocenters. The fourth-order valence-corrected chi connectivity index (χ4v) is 3.36. The Morgan fingerprint density at radius 1 is 1.28 bits per heavy atom. The third-order valence-electron chi connectivity index (χ3n) is 4.26. The van der Waals surface area contributed by atoms with Crippen LogP contribution in [-0.2, 0) is 0 Å². The van der Waals surface area contributed by atoms with Crippen LogP contribution in [0, 0.1) is 0 Å². The molecule has 1 spiro atoms. The zero-order valence-electron chi connectivity index (χ0n) is 10.6. The molecule has 0 amide bonds. The second-order valence-corrected chi connectivity index (χ2v) is 5.38. The summed E-state index contributed by atoms with van der Waals surface area (Å²) in [6, 6.07) is 1.63. The molecule has 1 aromatic rings. The van der Waals surface area contributed by atoms with Crippen LogP contribution >= 0.6 is 0 Å². The van der Waals surface area contributed by atoms with Crippen LogP contribution in [0.15, 0.2) is 17.2 Å². The summed E-state index contributed by atoms with van der Waals surface area (Å²) in [5.74, 6) is 0.835. The summed E-state index contributed by atoms with van der Waals surface area (Å²) in [6.45, 7) is 2.92. The van der Waals surface area contributed by atoms with E-state index in [0.29, 0.717) is 0 Å². The van der Waals surface area contributed by atoms with Gasteiger partial charge in [-0.15, -0.1) is 0 Å². The smallest absolute Gasteiger partial charge is 0.252 e. The van der Waals surface area contributed by atoms with Gasteiger partial charge in [0.15, 0.2) is 0 Å². The molecule has 1 aliphatic carbocycles. The lowest BCUT2D eigenvalue weighted by Gasteiger charge is -2.50. The van der Waals surface area contributed by atoms with E-state index in [4.69, 9.17) is 0 Å². The summed E-state index contributed by atoms with van der Waals surface area (Å²) in [4.78, 5) is 20.8. The Morgan fingerprint density at radius 2 is 2.11 bits per heavy atom. The summed E-state index contributed by atoms with van der Waals surface area (Å²) < 4.78 is 0. The molecule has 0 bridgehead atoms. The summed E-state index contributed by atoms with van der Waals surface area (Å²) >= 11 is 0. The number of aromatic amines is 1. The SMILES string of the molecule is O=c1cc(N2CCNCC23CCCCC3)nc[nH]1. The van der Waals surface area contributed by atoms with Gasteiger partial charge in [0.25, 0.3) is 5.56 Å². The van der Waals surface area contributed by atoms with Crippen molar-refractivity contribution in [2.24, 2.45) is 0 Å². The van der Waals surface area contributed by atoms with Crippen LogP contribution in [0.2, 0.25) is 0 Å². The highest BCUT2D eigenvalue weighted by molar-refractivity contribution is 5.42. The average molecular weight is 248 g/mol. The Labute approximate surface area is 107 Å². The normalized spacial score (nSPS) is 23.2. The van der Waals surface area contributed by atoms with Crippen molar-refractivity contribution < 1.29 is 0 Å². The van der Waals surface area contributed by atoms with Gasteiger partial charge in [-0.3, -0.25) is 4.79 Å². The first-order chi connectivity index (χ1) is 8.80. The molecule has 2 fully saturated rings. The van der Waals surface area contributed by atoms with Gasteiger partial charge < -0.3 is 15.2 Å². The molecule has 18 heavy (non-hydrogen) atoms. The van der Waals surface area contributed by atoms with Crippen LogP contribution in [0.3, 0.4) is 0 Å². The Kier molecular flexibility index (Phi) is 3.07. The molecule has 5 nitrogen and oxygen atoms in total. The predicted octanol–water partition coefficient (Wildman–Crippen LogP) is 0.882. The van der Waals surface area contributed by atoms with Crippen molar-refractivity contribution in [1.82, 2.24) is 15.3 Å². The third kappa shape index (κ3) is 2.03. The molecule has 2 heterocycles. The highest BCUT2D eigenvalue weighted by Gasteiger charge is 2.40. The van der Waals surface area contributed by atoms with Crippen LogP contribution in [0.5, 0.6) is 0 Å². The molecular weight excluding hydrogens is 228 g/mol.